The fraction of sp³-hybridized carbons (Fsp3) is 0.409. The Hall–Kier alpha value is -2.91. The van der Waals surface area contributed by atoms with Crippen molar-refractivity contribution in [2.24, 2.45) is 0 Å². The van der Waals surface area contributed by atoms with Crippen molar-refractivity contribution >= 4 is 41.1 Å². The molecule has 0 aliphatic carbocycles. The number of urea groups is 1. The summed E-state index contributed by atoms with van der Waals surface area (Å²) in [5, 5.41) is 10.5. The molecule has 0 aromatic carbocycles. The zero-order valence-corrected chi connectivity index (χ0v) is 19.1. The van der Waals surface area contributed by atoms with E-state index in [1.165, 1.54) is 10.7 Å². The van der Waals surface area contributed by atoms with E-state index in [0.29, 0.717) is 24.4 Å². The van der Waals surface area contributed by atoms with Crippen LogP contribution in [0.3, 0.4) is 0 Å². The molecule has 0 bridgehead atoms. The maximum Gasteiger partial charge on any atom is 0.327 e. The minimum absolute atomic E-state index is 0. The molecule has 2 aliphatic heterocycles. The average Bonchev–Trinajstić information content (AvgIpc) is 3.29. The standard InChI is InChI=1S/C22H26FN7O.ClH/c1-13-8-16-9-19(18(23)12-30(16)27-13)26-22(31)29-7-5-17-20(4-6-24-21(17)29)28-10-14(2)25-15(3)11-28;/h4,6,8-9,12,14-15,25H,5,7,10-11H2,1-3H3,(H,26,31);1H/t14-,15+;. The van der Waals surface area contributed by atoms with Gasteiger partial charge in [-0.3, -0.25) is 4.90 Å². The van der Waals surface area contributed by atoms with E-state index in [1.54, 1.807) is 17.2 Å². The average molecular weight is 460 g/mol. The van der Waals surface area contributed by atoms with Crippen LogP contribution in [0.4, 0.5) is 26.4 Å². The van der Waals surface area contributed by atoms with Crippen molar-refractivity contribution < 1.29 is 9.18 Å². The zero-order chi connectivity index (χ0) is 21.7. The van der Waals surface area contributed by atoms with E-state index in [0.717, 1.165) is 42.0 Å². The number of pyridine rings is 2. The van der Waals surface area contributed by atoms with Crippen LogP contribution in [0.5, 0.6) is 0 Å². The smallest absolute Gasteiger partial charge is 0.327 e. The molecule has 170 valence electrons. The lowest BCUT2D eigenvalue weighted by molar-refractivity contribution is 0.257. The molecule has 32 heavy (non-hydrogen) atoms. The van der Waals surface area contributed by atoms with Gasteiger partial charge in [0.15, 0.2) is 5.82 Å². The summed E-state index contributed by atoms with van der Waals surface area (Å²) in [6.07, 6.45) is 3.75. The normalized spacial score (nSPS) is 20.2. The van der Waals surface area contributed by atoms with Crippen molar-refractivity contribution in [3.05, 3.63) is 47.7 Å². The highest BCUT2D eigenvalue weighted by Gasteiger charge is 2.31. The fourth-order valence-corrected chi connectivity index (χ4v) is 4.71. The molecule has 2 atom stereocenters. The monoisotopic (exact) mass is 459 g/mol. The van der Waals surface area contributed by atoms with Crippen LogP contribution in [-0.4, -0.2) is 52.3 Å². The second kappa shape index (κ2) is 8.55. The maximum absolute atomic E-state index is 14.5. The number of amides is 2. The Balaban J connectivity index is 0.00000245. The first-order valence-electron chi connectivity index (χ1n) is 10.6. The van der Waals surface area contributed by atoms with Gasteiger partial charge in [-0.15, -0.1) is 12.4 Å². The van der Waals surface area contributed by atoms with Crippen molar-refractivity contribution in [1.29, 1.82) is 0 Å². The minimum Gasteiger partial charge on any atom is -0.368 e. The lowest BCUT2D eigenvalue weighted by atomic mass is 10.1. The van der Waals surface area contributed by atoms with Crippen LogP contribution in [0.1, 0.15) is 25.1 Å². The molecule has 10 heteroatoms. The lowest BCUT2D eigenvalue weighted by Gasteiger charge is -2.38. The molecule has 2 aliphatic rings. The predicted octanol–water partition coefficient (Wildman–Crippen LogP) is 3.38. The van der Waals surface area contributed by atoms with Gasteiger partial charge in [-0.1, -0.05) is 0 Å². The Morgan fingerprint density at radius 2 is 2.00 bits per heavy atom. The van der Waals surface area contributed by atoms with Crippen LogP contribution in [-0.2, 0) is 6.42 Å². The number of piperazine rings is 1. The number of rotatable bonds is 2. The highest BCUT2D eigenvalue weighted by atomic mass is 35.5. The number of nitrogens with one attached hydrogen (secondary N) is 2. The zero-order valence-electron chi connectivity index (χ0n) is 18.3. The highest BCUT2D eigenvalue weighted by molar-refractivity contribution is 6.03. The molecule has 1 saturated heterocycles. The topological polar surface area (TPSA) is 77.8 Å². The van der Waals surface area contributed by atoms with Crippen molar-refractivity contribution in [1.82, 2.24) is 19.9 Å². The summed E-state index contributed by atoms with van der Waals surface area (Å²) in [4.78, 5) is 21.5. The van der Waals surface area contributed by atoms with Crippen molar-refractivity contribution in [2.75, 3.05) is 34.8 Å². The van der Waals surface area contributed by atoms with Crippen molar-refractivity contribution in [2.45, 2.75) is 39.3 Å². The van der Waals surface area contributed by atoms with Gasteiger partial charge in [0.2, 0.25) is 0 Å². The molecule has 0 radical (unpaired) electrons. The first kappa shape index (κ1) is 22.3. The molecule has 2 amide bonds. The van der Waals surface area contributed by atoms with Gasteiger partial charge in [0, 0.05) is 49.2 Å². The van der Waals surface area contributed by atoms with E-state index in [1.807, 2.05) is 19.1 Å². The van der Waals surface area contributed by atoms with Crippen LogP contribution in [0.15, 0.2) is 30.6 Å². The molecule has 0 spiro atoms. The Labute approximate surface area is 192 Å². The van der Waals surface area contributed by atoms with Crippen LogP contribution < -0.4 is 20.4 Å². The largest absolute Gasteiger partial charge is 0.368 e. The second-order valence-corrected chi connectivity index (χ2v) is 8.53. The first-order valence-corrected chi connectivity index (χ1v) is 10.6. The molecule has 3 aromatic rings. The quantitative estimate of drug-likeness (QED) is 0.614. The van der Waals surface area contributed by atoms with Gasteiger partial charge in [0.05, 0.1) is 23.1 Å². The van der Waals surface area contributed by atoms with E-state index >= 15 is 0 Å². The molecule has 1 fully saturated rings. The number of anilines is 3. The highest BCUT2D eigenvalue weighted by Crippen LogP contribution is 2.35. The van der Waals surface area contributed by atoms with Gasteiger partial charge < -0.3 is 15.5 Å². The van der Waals surface area contributed by atoms with Crippen LogP contribution in [0, 0.1) is 12.7 Å². The fourth-order valence-electron chi connectivity index (χ4n) is 4.71. The summed E-state index contributed by atoms with van der Waals surface area (Å²) in [5.74, 6) is 0.115. The molecule has 2 N–H and O–H groups in total. The van der Waals surface area contributed by atoms with Gasteiger partial charge in [-0.05, 0) is 45.4 Å². The van der Waals surface area contributed by atoms with Crippen molar-refractivity contribution in [3.8, 4) is 0 Å². The third kappa shape index (κ3) is 3.98. The molecule has 3 aromatic heterocycles. The van der Waals surface area contributed by atoms with Gasteiger partial charge in [0.25, 0.3) is 0 Å². The third-order valence-electron chi connectivity index (χ3n) is 5.91. The summed E-state index contributed by atoms with van der Waals surface area (Å²) in [5.41, 5.74) is 3.83. The Bertz CT molecular complexity index is 1160. The molecule has 0 saturated carbocycles. The number of aryl methyl sites for hydroxylation is 1. The Morgan fingerprint density at radius 1 is 1.25 bits per heavy atom. The van der Waals surface area contributed by atoms with Crippen LogP contribution in [0.2, 0.25) is 0 Å². The van der Waals surface area contributed by atoms with Crippen LogP contribution >= 0.6 is 12.4 Å². The number of halogens is 2. The van der Waals surface area contributed by atoms with Gasteiger partial charge in [-0.2, -0.15) is 5.10 Å². The summed E-state index contributed by atoms with van der Waals surface area (Å²) in [6, 6.07) is 5.85. The lowest BCUT2D eigenvalue weighted by Crippen LogP contribution is -2.54. The second-order valence-electron chi connectivity index (χ2n) is 8.53. The Morgan fingerprint density at radius 3 is 2.75 bits per heavy atom. The molecule has 0 unspecified atom stereocenters. The van der Waals surface area contributed by atoms with E-state index in [2.05, 4.69) is 39.5 Å². The van der Waals surface area contributed by atoms with Gasteiger partial charge in [-0.25, -0.2) is 18.7 Å². The van der Waals surface area contributed by atoms with Crippen LogP contribution in [0.25, 0.3) is 5.52 Å². The van der Waals surface area contributed by atoms with Gasteiger partial charge in [0.1, 0.15) is 5.82 Å². The predicted molar refractivity (Wildman–Crippen MR) is 126 cm³/mol. The summed E-state index contributed by atoms with van der Waals surface area (Å²) in [7, 11) is 0. The van der Waals surface area contributed by atoms with Crippen molar-refractivity contribution in [3.63, 3.8) is 0 Å². The van der Waals surface area contributed by atoms with E-state index in [-0.39, 0.29) is 24.1 Å². The number of carbonyl (C=O) groups is 1. The number of carbonyl (C=O) groups excluding carboxylic acids is 1. The summed E-state index contributed by atoms with van der Waals surface area (Å²) in [6.45, 7) is 8.52. The first-order chi connectivity index (χ1) is 14.9. The molecule has 8 nitrogen and oxygen atoms in total. The summed E-state index contributed by atoms with van der Waals surface area (Å²) < 4.78 is 16.0. The Kier molecular flexibility index (Phi) is 5.96. The minimum atomic E-state index is -0.533. The van der Waals surface area contributed by atoms with E-state index < -0.39 is 5.82 Å². The van der Waals surface area contributed by atoms with E-state index in [9.17, 15) is 9.18 Å². The number of hydrogen-bond acceptors (Lipinski definition) is 5. The molecular weight excluding hydrogens is 433 g/mol. The maximum atomic E-state index is 14.5. The molecule has 5 rings (SSSR count). The third-order valence-corrected chi connectivity index (χ3v) is 5.91. The SMILES string of the molecule is Cc1cc2cc(NC(=O)N3CCc4c(N5C[C@@H](C)N[C@@H](C)C5)ccnc43)c(F)cn2n1.Cl. The summed E-state index contributed by atoms with van der Waals surface area (Å²) >= 11 is 0. The van der Waals surface area contributed by atoms with Gasteiger partial charge >= 0.3 is 6.03 Å². The number of fused-ring (bicyclic) bond motifs is 2. The number of hydrogen-bond donors (Lipinski definition) is 2. The number of aromatic nitrogens is 3. The number of nitrogens with zero attached hydrogens (tertiary/aromatic N) is 5. The van der Waals surface area contributed by atoms with E-state index in [4.69, 9.17) is 0 Å². The molecular formula is C22H27ClFN7O. The molecule has 5 heterocycles.